The number of nitrogens with zero attached hydrogens (tertiary/aromatic N) is 2. The smallest absolute Gasteiger partial charge is 0.267 e. The van der Waals surface area contributed by atoms with Gasteiger partial charge in [0, 0.05) is 25.2 Å². The Hall–Kier alpha value is -2.11. The minimum atomic E-state index is -0.581. The summed E-state index contributed by atoms with van der Waals surface area (Å²) >= 11 is 0. The van der Waals surface area contributed by atoms with Gasteiger partial charge >= 0.3 is 0 Å². The van der Waals surface area contributed by atoms with Crippen molar-refractivity contribution < 1.29 is 14.3 Å². The number of carbonyl (C=O) groups excluding carboxylic acids is 2. The van der Waals surface area contributed by atoms with E-state index >= 15 is 0 Å². The summed E-state index contributed by atoms with van der Waals surface area (Å²) in [7, 11) is 0. The minimum Gasteiger partial charge on any atom is -0.488 e. The van der Waals surface area contributed by atoms with E-state index in [0.717, 1.165) is 19.4 Å². The van der Waals surface area contributed by atoms with Crippen molar-refractivity contribution in [2.75, 3.05) is 13.1 Å². The number of amides is 2. The average molecular weight is 305 g/mol. The zero-order chi connectivity index (χ0) is 16.1. The number of piperidine rings is 1. The lowest BCUT2D eigenvalue weighted by atomic mass is 10.1. The van der Waals surface area contributed by atoms with Gasteiger partial charge in [-0.1, -0.05) is 13.8 Å². The normalized spacial score (nSPS) is 18.3. The summed E-state index contributed by atoms with van der Waals surface area (Å²) in [5.41, 5.74) is 5.40. The highest BCUT2D eigenvalue weighted by Gasteiger charge is 2.25. The molecule has 2 amide bonds. The van der Waals surface area contributed by atoms with Crippen LogP contribution in [0.25, 0.3) is 0 Å². The Kier molecular flexibility index (Phi) is 5.35. The van der Waals surface area contributed by atoms with Crippen molar-refractivity contribution in [3.63, 3.8) is 0 Å². The van der Waals surface area contributed by atoms with Crippen LogP contribution in [-0.4, -0.2) is 40.9 Å². The Morgan fingerprint density at radius 2 is 2.27 bits per heavy atom. The van der Waals surface area contributed by atoms with E-state index in [1.54, 1.807) is 6.07 Å². The van der Waals surface area contributed by atoms with Crippen molar-refractivity contribution in [3.8, 4) is 5.75 Å². The summed E-state index contributed by atoms with van der Waals surface area (Å²) in [5.74, 6) is 0.512. The molecule has 120 valence electrons. The molecule has 1 aliphatic rings. The summed E-state index contributed by atoms with van der Waals surface area (Å²) in [4.78, 5) is 29.0. The Labute approximate surface area is 130 Å². The lowest BCUT2D eigenvalue weighted by Gasteiger charge is -2.33. The Balaban J connectivity index is 1.97. The van der Waals surface area contributed by atoms with Crippen LogP contribution in [0.2, 0.25) is 0 Å². The van der Waals surface area contributed by atoms with Gasteiger partial charge in [-0.15, -0.1) is 0 Å². The first kappa shape index (κ1) is 16.3. The SMILES string of the molecule is CC(C)CC(=O)N1CCCC(Oc2ccnc(C(N)=O)c2)C1. The number of rotatable bonds is 5. The summed E-state index contributed by atoms with van der Waals surface area (Å²) in [6.45, 7) is 5.45. The highest BCUT2D eigenvalue weighted by molar-refractivity contribution is 5.91. The van der Waals surface area contributed by atoms with Crippen molar-refractivity contribution >= 4 is 11.8 Å². The van der Waals surface area contributed by atoms with Crippen LogP contribution >= 0.6 is 0 Å². The number of pyridine rings is 1. The van der Waals surface area contributed by atoms with Crippen LogP contribution in [0.3, 0.4) is 0 Å². The average Bonchev–Trinajstić information content (AvgIpc) is 2.47. The molecule has 22 heavy (non-hydrogen) atoms. The predicted octanol–water partition coefficient (Wildman–Crippen LogP) is 1.60. The number of ether oxygens (including phenoxy) is 1. The maximum atomic E-state index is 12.1. The molecule has 1 fully saturated rings. The van der Waals surface area contributed by atoms with Gasteiger partial charge in [0.05, 0.1) is 6.54 Å². The number of aromatic nitrogens is 1. The second kappa shape index (κ2) is 7.24. The van der Waals surface area contributed by atoms with Crippen LogP contribution in [0.1, 0.15) is 43.6 Å². The van der Waals surface area contributed by atoms with Gasteiger partial charge in [0.1, 0.15) is 17.5 Å². The van der Waals surface area contributed by atoms with Crippen molar-refractivity contribution in [1.29, 1.82) is 0 Å². The lowest BCUT2D eigenvalue weighted by molar-refractivity contribution is -0.134. The van der Waals surface area contributed by atoms with Gasteiger partial charge in [-0.2, -0.15) is 0 Å². The van der Waals surface area contributed by atoms with Crippen molar-refractivity contribution in [2.24, 2.45) is 11.7 Å². The van der Waals surface area contributed by atoms with Crippen LogP contribution in [0.15, 0.2) is 18.3 Å². The number of carbonyl (C=O) groups is 2. The molecule has 1 aromatic rings. The van der Waals surface area contributed by atoms with Crippen molar-refractivity contribution in [2.45, 2.75) is 39.2 Å². The van der Waals surface area contributed by atoms with Crippen LogP contribution in [0, 0.1) is 5.92 Å². The second-order valence-corrected chi connectivity index (χ2v) is 6.06. The van der Waals surface area contributed by atoms with Crippen molar-refractivity contribution in [3.05, 3.63) is 24.0 Å². The quantitative estimate of drug-likeness (QED) is 0.895. The topological polar surface area (TPSA) is 85.5 Å². The largest absolute Gasteiger partial charge is 0.488 e. The molecular weight excluding hydrogens is 282 g/mol. The van der Waals surface area contributed by atoms with E-state index < -0.39 is 5.91 Å². The fourth-order valence-electron chi connectivity index (χ4n) is 2.55. The zero-order valence-corrected chi connectivity index (χ0v) is 13.1. The maximum absolute atomic E-state index is 12.1. The number of likely N-dealkylation sites (tertiary alicyclic amines) is 1. The molecule has 1 aromatic heterocycles. The molecule has 0 bridgehead atoms. The molecule has 1 saturated heterocycles. The number of hydrogen-bond donors (Lipinski definition) is 1. The van der Waals surface area contributed by atoms with Crippen LogP contribution in [0.5, 0.6) is 5.75 Å². The molecule has 2 rings (SSSR count). The molecule has 1 aliphatic heterocycles. The zero-order valence-electron chi connectivity index (χ0n) is 13.1. The third-order valence-electron chi connectivity index (χ3n) is 3.60. The first-order chi connectivity index (χ1) is 10.5. The van der Waals surface area contributed by atoms with E-state index in [9.17, 15) is 9.59 Å². The fraction of sp³-hybridized carbons (Fsp3) is 0.562. The molecule has 0 aliphatic carbocycles. The minimum absolute atomic E-state index is 0.0620. The van der Waals surface area contributed by atoms with Gasteiger partial charge in [-0.25, -0.2) is 0 Å². The van der Waals surface area contributed by atoms with Crippen molar-refractivity contribution in [1.82, 2.24) is 9.88 Å². The monoisotopic (exact) mass is 305 g/mol. The summed E-state index contributed by atoms with van der Waals surface area (Å²) in [5, 5.41) is 0. The van der Waals surface area contributed by atoms with Crippen LogP contribution in [-0.2, 0) is 4.79 Å². The van der Waals surface area contributed by atoms with Gasteiger partial charge in [-0.05, 0) is 24.8 Å². The van der Waals surface area contributed by atoms with Gasteiger partial charge < -0.3 is 15.4 Å². The van der Waals surface area contributed by atoms with E-state index in [2.05, 4.69) is 4.98 Å². The van der Waals surface area contributed by atoms with Gasteiger partial charge in [0.25, 0.3) is 5.91 Å². The van der Waals surface area contributed by atoms with Gasteiger partial charge in [0.2, 0.25) is 5.91 Å². The van der Waals surface area contributed by atoms with Gasteiger partial charge in [0.15, 0.2) is 0 Å². The number of hydrogen-bond acceptors (Lipinski definition) is 4. The molecule has 6 heteroatoms. The third kappa shape index (κ3) is 4.44. The molecule has 0 spiro atoms. The third-order valence-corrected chi connectivity index (χ3v) is 3.60. The first-order valence-corrected chi connectivity index (χ1v) is 7.66. The van der Waals surface area contributed by atoms with E-state index in [0.29, 0.717) is 24.6 Å². The fourth-order valence-corrected chi connectivity index (χ4v) is 2.55. The van der Waals surface area contributed by atoms with E-state index in [1.165, 1.54) is 12.3 Å². The van der Waals surface area contributed by atoms with E-state index in [4.69, 9.17) is 10.5 Å². The highest BCUT2D eigenvalue weighted by Crippen LogP contribution is 2.20. The van der Waals surface area contributed by atoms with Gasteiger partial charge in [-0.3, -0.25) is 14.6 Å². The molecular formula is C16H23N3O3. The maximum Gasteiger partial charge on any atom is 0.267 e. The Morgan fingerprint density at radius 3 is 2.95 bits per heavy atom. The first-order valence-electron chi connectivity index (χ1n) is 7.66. The molecule has 1 unspecified atom stereocenters. The molecule has 2 N–H and O–H groups in total. The molecule has 0 radical (unpaired) electrons. The molecule has 0 saturated carbocycles. The standard InChI is InChI=1S/C16H23N3O3/c1-11(2)8-15(20)19-7-3-4-13(10-19)22-12-5-6-18-14(9-12)16(17)21/h5-6,9,11,13H,3-4,7-8,10H2,1-2H3,(H2,17,21). The predicted molar refractivity (Wildman–Crippen MR) is 82.4 cm³/mol. The summed E-state index contributed by atoms with van der Waals surface area (Å²) < 4.78 is 5.89. The van der Waals surface area contributed by atoms with E-state index in [1.807, 2.05) is 18.7 Å². The van der Waals surface area contributed by atoms with E-state index in [-0.39, 0.29) is 17.7 Å². The van der Waals surface area contributed by atoms with Crippen LogP contribution in [0.4, 0.5) is 0 Å². The Bertz CT molecular complexity index is 545. The summed E-state index contributed by atoms with van der Waals surface area (Å²) in [6.07, 6.45) is 3.81. The molecule has 6 nitrogen and oxygen atoms in total. The molecule has 0 aromatic carbocycles. The van der Waals surface area contributed by atoms with Crippen LogP contribution < -0.4 is 10.5 Å². The number of primary amides is 1. The summed E-state index contributed by atoms with van der Waals surface area (Å²) in [6, 6.07) is 3.23. The lowest BCUT2D eigenvalue weighted by Crippen LogP contribution is -2.44. The second-order valence-electron chi connectivity index (χ2n) is 6.06. The Morgan fingerprint density at radius 1 is 1.50 bits per heavy atom. The molecule has 1 atom stereocenters. The molecule has 2 heterocycles. The number of nitrogens with two attached hydrogens (primary N) is 1. The highest BCUT2D eigenvalue weighted by atomic mass is 16.5.